The number of carboxylic acid groups (broad SMARTS) is 1. The van der Waals surface area contributed by atoms with Crippen LogP contribution in [0.25, 0.3) is 0 Å². The number of pyridine rings is 1. The van der Waals surface area contributed by atoms with E-state index in [-0.39, 0.29) is 17.9 Å². The maximum atomic E-state index is 11.0. The highest BCUT2D eigenvalue weighted by Gasteiger charge is 2.21. The largest absolute Gasteiger partial charge is 0.480 e. The summed E-state index contributed by atoms with van der Waals surface area (Å²) < 4.78 is 0.338. The summed E-state index contributed by atoms with van der Waals surface area (Å²) in [5, 5.41) is 22.3. The van der Waals surface area contributed by atoms with Crippen LogP contribution in [0.15, 0.2) is 10.7 Å². The first-order valence-corrected chi connectivity index (χ1v) is 5.90. The van der Waals surface area contributed by atoms with Crippen molar-refractivity contribution in [2.75, 3.05) is 5.32 Å². The maximum Gasteiger partial charge on any atom is 0.327 e. The third-order valence-electron chi connectivity index (χ3n) is 2.37. The van der Waals surface area contributed by atoms with Crippen LogP contribution < -0.4 is 5.32 Å². The minimum absolute atomic E-state index is 0.0283. The van der Waals surface area contributed by atoms with Gasteiger partial charge in [-0.25, -0.2) is 9.78 Å². The zero-order chi connectivity index (χ0) is 14.6. The fourth-order valence-corrected chi connectivity index (χ4v) is 1.76. The second-order valence-corrected chi connectivity index (χ2v) is 4.42. The predicted octanol–water partition coefficient (Wildman–Crippen LogP) is 1.95. The monoisotopic (exact) mass is 327 g/mol. The summed E-state index contributed by atoms with van der Waals surface area (Å²) in [6, 6.07) is -1.00. The standard InChI is InChI=1S/C11H10BrN3O4/c1-3-4-7(11(16)17)14-10-9(12)6(2)8(5-13-10)15(18)19/h1,5,7H,4H2,2H3,(H,13,14)(H,16,17). The number of hydrogen-bond acceptors (Lipinski definition) is 5. The molecule has 19 heavy (non-hydrogen) atoms. The van der Waals surface area contributed by atoms with Gasteiger partial charge in [-0.1, -0.05) is 0 Å². The van der Waals surface area contributed by atoms with Crippen molar-refractivity contribution in [2.45, 2.75) is 19.4 Å². The van der Waals surface area contributed by atoms with Crippen molar-refractivity contribution in [3.63, 3.8) is 0 Å². The molecule has 7 nitrogen and oxygen atoms in total. The Morgan fingerprint density at radius 3 is 2.89 bits per heavy atom. The first kappa shape index (κ1) is 14.9. The molecule has 0 saturated carbocycles. The molecule has 0 bridgehead atoms. The lowest BCUT2D eigenvalue weighted by atomic mass is 10.2. The summed E-state index contributed by atoms with van der Waals surface area (Å²) in [5.41, 5.74) is 0.202. The van der Waals surface area contributed by atoms with Gasteiger partial charge in [-0.2, -0.15) is 0 Å². The van der Waals surface area contributed by atoms with Gasteiger partial charge >= 0.3 is 5.97 Å². The molecule has 0 aromatic carbocycles. The van der Waals surface area contributed by atoms with Crippen LogP contribution in [0, 0.1) is 29.4 Å². The third-order valence-corrected chi connectivity index (χ3v) is 3.34. The van der Waals surface area contributed by atoms with Gasteiger partial charge in [0.1, 0.15) is 18.1 Å². The summed E-state index contributed by atoms with van der Waals surface area (Å²) in [4.78, 5) is 24.9. The molecule has 0 spiro atoms. The van der Waals surface area contributed by atoms with E-state index in [1.165, 1.54) is 6.92 Å². The number of rotatable bonds is 5. The Labute approximate surface area is 117 Å². The van der Waals surface area contributed by atoms with Crippen LogP contribution in [0.4, 0.5) is 11.5 Å². The predicted molar refractivity (Wildman–Crippen MR) is 71.8 cm³/mol. The fraction of sp³-hybridized carbons (Fsp3) is 0.273. The third kappa shape index (κ3) is 3.42. The number of anilines is 1. The first-order chi connectivity index (χ1) is 8.88. The van der Waals surface area contributed by atoms with Gasteiger partial charge in [0.15, 0.2) is 0 Å². The molecule has 0 aliphatic carbocycles. The van der Waals surface area contributed by atoms with Gasteiger partial charge in [0, 0.05) is 12.0 Å². The van der Waals surface area contributed by atoms with E-state index in [4.69, 9.17) is 11.5 Å². The number of nitrogens with zero attached hydrogens (tertiary/aromatic N) is 2. The molecule has 100 valence electrons. The molecule has 0 aliphatic rings. The molecular weight excluding hydrogens is 318 g/mol. The molecule has 0 saturated heterocycles. The minimum Gasteiger partial charge on any atom is -0.480 e. The summed E-state index contributed by atoms with van der Waals surface area (Å²) in [6.45, 7) is 1.53. The van der Waals surface area contributed by atoms with Crippen LogP contribution in [0.1, 0.15) is 12.0 Å². The van der Waals surface area contributed by atoms with Crippen LogP contribution in [-0.2, 0) is 4.79 Å². The second-order valence-electron chi connectivity index (χ2n) is 3.63. The topological polar surface area (TPSA) is 105 Å². The molecule has 1 aromatic rings. The molecule has 1 unspecified atom stereocenters. The summed E-state index contributed by atoms with van der Waals surface area (Å²) in [6.07, 6.45) is 6.12. The zero-order valence-corrected chi connectivity index (χ0v) is 11.5. The molecular formula is C11H10BrN3O4. The summed E-state index contributed by atoms with van der Waals surface area (Å²) in [7, 11) is 0. The summed E-state index contributed by atoms with van der Waals surface area (Å²) >= 11 is 3.15. The highest BCUT2D eigenvalue weighted by atomic mass is 79.9. The van der Waals surface area contributed by atoms with Crippen molar-refractivity contribution < 1.29 is 14.8 Å². The molecule has 0 amide bonds. The fourth-order valence-electron chi connectivity index (χ4n) is 1.34. The van der Waals surface area contributed by atoms with Crippen LogP contribution in [-0.4, -0.2) is 27.0 Å². The average molecular weight is 328 g/mol. The molecule has 1 rings (SSSR count). The Morgan fingerprint density at radius 2 is 2.42 bits per heavy atom. The first-order valence-electron chi connectivity index (χ1n) is 5.10. The van der Waals surface area contributed by atoms with Crippen LogP contribution in [0.5, 0.6) is 0 Å². The van der Waals surface area contributed by atoms with Crippen molar-refractivity contribution in [3.05, 3.63) is 26.3 Å². The van der Waals surface area contributed by atoms with E-state index >= 15 is 0 Å². The van der Waals surface area contributed by atoms with Gasteiger partial charge in [0.05, 0.1) is 9.40 Å². The van der Waals surface area contributed by atoms with Gasteiger partial charge in [-0.3, -0.25) is 10.1 Å². The molecule has 0 fully saturated rings. The van der Waals surface area contributed by atoms with E-state index < -0.39 is 16.9 Å². The Hall–Kier alpha value is -2.14. The van der Waals surface area contributed by atoms with E-state index in [2.05, 4.69) is 32.2 Å². The molecule has 1 aromatic heterocycles. The molecule has 2 N–H and O–H groups in total. The van der Waals surface area contributed by atoms with Crippen LogP contribution >= 0.6 is 15.9 Å². The summed E-state index contributed by atoms with van der Waals surface area (Å²) in [5.74, 6) is 1.32. The minimum atomic E-state index is -1.12. The number of nitro groups is 1. The Balaban J connectivity index is 3.10. The number of aromatic nitrogens is 1. The van der Waals surface area contributed by atoms with E-state index in [1.807, 2.05) is 0 Å². The smallest absolute Gasteiger partial charge is 0.327 e. The van der Waals surface area contributed by atoms with E-state index in [0.29, 0.717) is 10.0 Å². The maximum absolute atomic E-state index is 11.0. The number of aliphatic carboxylic acids is 1. The van der Waals surface area contributed by atoms with Crippen molar-refractivity contribution >= 4 is 33.4 Å². The second kappa shape index (κ2) is 6.15. The molecule has 0 aliphatic heterocycles. The molecule has 1 atom stereocenters. The lowest BCUT2D eigenvalue weighted by Crippen LogP contribution is -2.29. The quantitative estimate of drug-likeness (QED) is 0.486. The zero-order valence-electron chi connectivity index (χ0n) is 9.88. The molecule has 1 heterocycles. The highest BCUT2D eigenvalue weighted by molar-refractivity contribution is 9.10. The highest BCUT2D eigenvalue weighted by Crippen LogP contribution is 2.30. The van der Waals surface area contributed by atoms with Crippen LogP contribution in [0.2, 0.25) is 0 Å². The van der Waals surface area contributed by atoms with Crippen molar-refractivity contribution in [3.8, 4) is 12.3 Å². The number of hydrogen-bond donors (Lipinski definition) is 2. The number of carboxylic acids is 1. The Morgan fingerprint density at radius 1 is 1.79 bits per heavy atom. The molecule has 0 radical (unpaired) electrons. The van der Waals surface area contributed by atoms with Crippen molar-refractivity contribution in [2.24, 2.45) is 0 Å². The van der Waals surface area contributed by atoms with Gasteiger partial charge in [-0.15, -0.1) is 12.3 Å². The average Bonchev–Trinajstić information content (AvgIpc) is 2.33. The lowest BCUT2D eigenvalue weighted by Gasteiger charge is -2.14. The van der Waals surface area contributed by atoms with E-state index in [0.717, 1.165) is 6.20 Å². The van der Waals surface area contributed by atoms with Crippen LogP contribution in [0.3, 0.4) is 0 Å². The van der Waals surface area contributed by atoms with Gasteiger partial charge < -0.3 is 10.4 Å². The number of halogens is 1. The van der Waals surface area contributed by atoms with Crippen molar-refractivity contribution in [1.82, 2.24) is 4.98 Å². The normalized spacial score (nSPS) is 11.4. The van der Waals surface area contributed by atoms with E-state index in [9.17, 15) is 14.9 Å². The van der Waals surface area contributed by atoms with Crippen molar-refractivity contribution in [1.29, 1.82) is 0 Å². The van der Waals surface area contributed by atoms with Gasteiger partial charge in [0.25, 0.3) is 5.69 Å². The lowest BCUT2D eigenvalue weighted by molar-refractivity contribution is -0.385. The SMILES string of the molecule is C#CCC(Nc1ncc([N+](=O)[O-])c(C)c1Br)C(=O)O. The number of nitrogens with one attached hydrogen (secondary N) is 1. The van der Waals surface area contributed by atoms with Gasteiger partial charge in [0.2, 0.25) is 0 Å². The van der Waals surface area contributed by atoms with E-state index in [1.54, 1.807) is 0 Å². The molecule has 8 heteroatoms. The number of terminal acetylenes is 1. The Kier molecular flexibility index (Phi) is 4.83. The number of carbonyl (C=O) groups is 1. The Bertz CT molecular complexity index is 568. The van der Waals surface area contributed by atoms with Gasteiger partial charge in [-0.05, 0) is 22.9 Å².